The Bertz CT molecular complexity index is 845. The Morgan fingerprint density at radius 3 is 2.38 bits per heavy atom. The molecule has 0 saturated carbocycles. The highest BCUT2D eigenvalue weighted by molar-refractivity contribution is 7.99. The Morgan fingerprint density at radius 2 is 1.77 bits per heavy atom. The molecule has 26 heavy (non-hydrogen) atoms. The quantitative estimate of drug-likeness (QED) is 0.679. The van der Waals surface area contributed by atoms with Crippen LogP contribution in [0.5, 0.6) is 5.75 Å². The lowest BCUT2D eigenvalue weighted by atomic mass is 10.2. The molecule has 0 radical (unpaired) electrons. The molecule has 2 aromatic rings. The van der Waals surface area contributed by atoms with E-state index in [4.69, 9.17) is 4.74 Å². The van der Waals surface area contributed by atoms with Crippen molar-refractivity contribution in [3.05, 3.63) is 54.6 Å². The molecular formula is C19H21NO4S2. The summed E-state index contributed by atoms with van der Waals surface area (Å²) in [7, 11) is -1.88. The van der Waals surface area contributed by atoms with E-state index < -0.39 is 15.1 Å². The van der Waals surface area contributed by atoms with Crippen molar-refractivity contribution in [2.24, 2.45) is 0 Å². The number of hydrogen-bond acceptors (Lipinski definition) is 5. The van der Waals surface area contributed by atoms with Crippen LogP contribution in [0.4, 0.5) is 0 Å². The largest absolute Gasteiger partial charge is 0.497 e. The van der Waals surface area contributed by atoms with E-state index in [1.807, 2.05) is 30.3 Å². The SMILES string of the molecule is COc1ccc(S(=O)(=O)C2CN(C(=O)CCSc3ccccc3)C2)cc1. The highest BCUT2D eigenvalue weighted by atomic mass is 32.2. The van der Waals surface area contributed by atoms with Gasteiger partial charge in [0.1, 0.15) is 11.0 Å². The Morgan fingerprint density at radius 1 is 1.12 bits per heavy atom. The second-order valence-electron chi connectivity index (χ2n) is 6.05. The van der Waals surface area contributed by atoms with Gasteiger partial charge in [0.15, 0.2) is 9.84 Å². The minimum atomic E-state index is -3.41. The maximum Gasteiger partial charge on any atom is 0.223 e. The Hall–Kier alpha value is -1.99. The Kier molecular flexibility index (Phi) is 5.88. The molecule has 1 amide bonds. The first-order valence-electron chi connectivity index (χ1n) is 8.34. The van der Waals surface area contributed by atoms with Gasteiger partial charge in [0, 0.05) is 30.2 Å². The Balaban J connectivity index is 1.48. The van der Waals surface area contributed by atoms with E-state index in [1.165, 1.54) is 7.11 Å². The summed E-state index contributed by atoms with van der Waals surface area (Å²) in [5, 5.41) is -0.526. The van der Waals surface area contributed by atoms with Crippen LogP contribution in [0.2, 0.25) is 0 Å². The van der Waals surface area contributed by atoms with Gasteiger partial charge < -0.3 is 9.64 Å². The molecule has 0 bridgehead atoms. The first-order chi connectivity index (χ1) is 12.5. The van der Waals surface area contributed by atoms with Gasteiger partial charge in [-0.05, 0) is 36.4 Å². The van der Waals surface area contributed by atoms with E-state index in [-0.39, 0.29) is 23.9 Å². The lowest BCUT2D eigenvalue weighted by Gasteiger charge is -2.38. The minimum absolute atomic E-state index is 0.00890. The van der Waals surface area contributed by atoms with Crippen LogP contribution in [0, 0.1) is 0 Å². The molecule has 0 N–H and O–H groups in total. The number of ether oxygens (including phenoxy) is 1. The first kappa shape index (κ1) is 18.8. The van der Waals surface area contributed by atoms with E-state index in [0.717, 1.165) is 4.90 Å². The van der Waals surface area contributed by atoms with Crippen LogP contribution < -0.4 is 4.74 Å². The van der Waals surface area contributed by atoms with Gasteiger partial charge in [-0.25, -0.2) is 8.42 Å². The van der Waals surface area contributed by atoms with Gasteiger partial charge in [0.05, 0.1) is 12.0 Å². The smallest absolute Gasteiger partial charge is 0.223 e. The normalized spacial score (nSPS) is 14.7. The fourth-order valence-corrected chi connectivity index (χ4v) is 5.24. The van der Waals surface area contributed by atoms with Crippen LogP contribution in [0.15, 0.2) is 64.4 Å². The maximum absolute atomic E-state index is 12.6. The number of nitrogens with zero attached hydrogens (tertiary/aromatic N) is 1. The molecular weight excluding hydrogens is 370 g/mol. The predicted octanol–water partition coefficient (Wildman–Crippen LogP) is 2.86. The zero-order valence-electron chi connectivity index (χ0n) is 14.5. The van der Waals surface area contributed by atoms with E-state index >= 15 is 0 Å². The number of methoxy groups -OCH3 is 1. The van der Waals surface area contributed by atoms with E-state index in [9.17, 15) is 13.2 Å². The van der Waals surface area contributed by atoms with Gasteiger partial charge in [-0.1, -0.05) is 18.2 Å². The molecule has 5 nitrogen and oxygen atoms in total. The second kappa shape index (κ2) is 8.14. The minimum Gasteiger partial charge on any atom is -0.497 e. The summed E-state index contributed by atoms with van der Waals surface area (Å²) in [4.78, 5) is 15.2. The van der Waals surface area contributed by atoms with Crippen molar-refractivity contribution in [3.8, 4) is 5.75 Å². The maximum atomic E-state index is 12.6. The number of thioether (sulfide) groups is 1. The number of hydrogen-bond donors (Lipinski definition) is 0. The highest BCUT2D eigenvalue weighted by Crippen LogP contribution is 2.26. The summed E-state index contributed by atoms with van der Waals surface area (Å²) in [6.45, 7) is 0.534. The lowest BCUT2D eigenvalue weighted by Crippen LogP contribution is -2.56. The molecule has 1 fully saturated rings. The van der Waals surface area contributed by atoms with Crippen molar-refractivity contribution in [2.75, 3.05) is 26.0 Å². The molecule has 138 valence electrons. The lowest BCUT2D eigenvalue weighted by molar-refractivity contribution is -0.133. The number of benzene rings is 2. The number of likely N-dealkylation sites (tertiary alicyclic amines) is 1. The second-order valence-corrected chi connectivity index (χ2v) is 9.45. The molecule has 2 aromatic carbocycles. The predicted molar refractivity (Wildman–Crippen MR) is 102 cm³/mol. The summed E-state index contributed by atoms with van der Waals surface area (Å²) in [5.41, 5.74) is 0. The van der Waals surface area contributed by atoms with Crippen molar-refractivity contribution in [1.82, 2.24) is 4.90 Å². The van der Waals surface area contributed by atoms with Crippen molar-refractivity contribution in [1.29, 1.82) is 0 Å². The molecule has 0 atom stereocenters. The number of sulfone groups is 1. The third kappa shape index (κ3) is 4.22. The molecule has 7 heteroatoms. The van der Waals surface area contributed by atoms with Gasteiger partial charge >= 0.3 is 0 Å². The summed E-state index contributed by atoms with van der Waals surface area (Å²) >= 11 is 1.63. The van der Waals surface area contributed by atoms with Crippen molar-refractivity contribution in [2.45, 2.75) is 21.5 Å². The molecule has 1 heterocycles. The first-order valence-corrected chi connectivity index (χ1v) is 10.9. The monoisotopic (exact) mass is 391 g/mol. The van der Waals surface area contributed by atoms with Gasteiger partial charge in [-0.2, -0.15) is 0 Å². The van der Waals surface area contributed by atoms with Crippen LogP contribution >= 0.6 is 11.8 Å². The molecule has 1 saturated heterocycles. The van der Waals surface area contributed by atoms with Crippen molar-refractivity contribution < 1.29 is 17.9 Å². The average Bonchev–Trinajstić information content (AvgIpc) is 2.61. The van der Waals surface area contributed by atoms with Crippen LogP contribution in [-0.4, -0.2) is 50.4 Å². The topological polar surface area (TPSA) is 63.7 Å². The van der Waals surface area contributed by atoms with E-state index in [1.54, 1.807) is 40.9 Å². The molecule has 1 aliphatic heterocycles. The van der Waals surface area contributed by atoms with Crippen LogP contribution in [0.3, 0.4) is 0 Å². The summed E-state index contributed by atoms with van der Waals surface area (Å²) < 4.78 is 30.2. The molecule has 0 spiro atoms. The van der Waals surface area contributed by atoms with Gasteiger partial charge in [0.2, 0.25) is 5.91 Å². The van der Waals surface area contributed by atoms with Crippen LogP contribution in [-0.2, 0) is 14.6 Å². The summed E-state index contributed by atoms with van der Waals surface area (Å²) in [6.07, 6.45) is 0.412. The Labute approximate surface area is 158 Å². The van der Waals surface area contributed by atoms with Gasteiger partial charge in [0.25, 0.3) is 0 Å². The number of rotatable bonds is 7. The van der Waals surface area contributed by atoms with Gasteiger partial charge in [-0.3, -0.25) is 4.79 Å². The third-order valence-corrected chi connectivity index (χ3v) is 7.47. The third-order valence-electron chi connectivity index (χ3n) is 4.36. The molecule has 3 rings (SSSR count). The molecule has 0 unspecified atom stereocenters. The van der Waals surface area contributed by atoms with Gasteiger partial charge in [-0.15, -0.1) is 11.8 Å². The van der Waals surface area contributed by atoms with Crippen LogP contribution in [0.25, 0.3) is 0 Å². The molecule has 0 aliphatic carbocycles. The molecule has 1 aliphatic rings. The van der Waals surface area contributed by atoms with Crippen molar-refractivity contribution >= 4 is 27.5 Å². The number of carbonyl (C=O) groups is 1. The fourth-order valence-electron chi connectivity index (χ4n) is 2.73. The molecule has 0 aromatic heterocycles. The highest BCUT2D eigenvalue weighted by Gasteiger charge is 2.40. The number of carbonyl (C=O) groups excluding carboxylic acids is 1. The number of amides is 1. The summed E-state index contributed by atoms with van der Waals surface area (Å²) in [6, 6.07) is 16.3. The van der Waals surface area contributed by atoms with Crippen molar-refractivity contribution in [3.63, 3.8) is 0 Å². The fraction of sp³-hybridized carbons (Fsp3) is 0.316. The summed E-state index contributed by atoms with van der Waals surface area (Å²) in [5.74, 6) is 1.31. The van der Waals surface area contributed by atoms with E-state index in [0.29, 0.717) is 17.9 Å². The van der Waals surface area contributed by atoms with E-state index in [2.05, 4.69) is 0 Å². The standard InChI is InChI=1S/C19H21NO4S2/c1-24-15-7-9-17(10-8-15)26(22,23)18-13-20(14-18)19(21)11-12-25-16-5-3-2-4-6-16/h2-10,18H,11-14H2,1H3. The average molecular weight is 392 g/mol. The zero-order valence-corrected chi connectivity index (χ0v) is 16.1. The zero-order chi connectivity index (χ0) is 18.6. The van der Waals surface area contributed by atoms with Crippen LogP contribution in [0.1, 0.15) is 6.42 Å².